The lowest BCUT2D eigenvalue weighted by Crippen LogP contribution is -2.44. The van der Waals surface area contributed by atoms with E-state index in [4.69, 9.17) is 0 Å². The first-order chi connectivity index (χ1) is 9.63. The Kier molecular flexibility index (Phi) is 5.01. The van der Waals surface area contributed by atoms with E-state index in [2.05, 4.69) is 24.3 Å². The molecule has 1 amide bonds. The van der Waals surface area contributed by atoms with Gasteiger partial charge in [0.25, 0.3) is 5.91 Å². The van der Waals surface area contributed by atoms with Crippen LogP contribution >= 0.6 is 0 Å². The van der Waals surface area contributed by atoms with Gasteiger partial charge in [-0.15, -0.1) is 0 Å². The Morgan fingerprint density at radius 3 is 2.55 bits per heavy atom. The summed E-state index contributed by atoms with van der Waals surface area (Å²) in [4.78, 5) is 16.9. The predicted octanol–water partition coefficient (Wildman–Crippen LogP) is 2.28. The van der Waals surface area contributed by atoms with Crippen LogP contribution in [0.3, 0.4) is 0 Å². The van der Waals surface area contributed by atoms with E-state index >= 15 is 0 Å². The van der Waals surface area contributed by atoms with Crippen LogP contribution < -0.4 is 5.32 Å². The van der Waals surface area contributed by atoms with Crippen molar-refractivity contribution in [2.75, 3.05) is 39.0 Å². The Balaban J connectivity index is 2.05. The molecule has 0 radical (unpaired) electrons. The van der Waals surface area contributed by atoms with E-state index in [0.717, 1.165) is 43.7 Å². The van der Waals surface area contributed by atoms with E-state index in [-0.39, 0.29) is 5.91 Å². The molecule has 2 rings (SSSR count). The molecule has 0 unspecified atom stereocenters. The number of hydrogen-bond acceptors (Lipinski definition) is 3. The number of carbonyl (C=O) groups excluding carboxylic acids is 1. The summed E-state index contributed by atoms with van der Waals surface area (Å²) in [5.41, 5.74) is 1.73. The van der Waals surface area contributed by atoms with E-state index in [9.17, 15) is 4.79 Å². The standard InChI is InChI=1S/C16H25N3O/c1-4-17-15-8-6-5-7-14(15)16(20)19-11-9-13(10-12-19)18(2)3/h5-8,13,17H,4,9-12H2,1-3H3. The summed E-state index contributed by atoms with van der Waals surface area (Å²) in [6, 6.07) is 8.39. The van der Waals surface area contributed by atoms with Crippen molar-refractivity contribution in [2.45, 2.75) is 25.8 Å². The van der Waals surface area contributed by atoms with Crippen LogP contribution in [0.5, 0.6) is 0 Å². The van der Waals surface area contributed by atoms with Crippen LogP contribution in [0.4, 0.5) is 5.69 Å². The molecule has 0 saturated carbocycles. The SMILES string of the molecule is CCNc1ccccc1C(=O)N1CCC(N(C)C)CC1. The summed E-state index contributed by atoms with van der Waals surface area (Å²) in [5.74, 6) is 0.152. The minimum Gasteiger partial charge on any atom is -0.385 e. The second kappa shape index (κ2) is 6.75. The number of hydrogen-bond donors (Lipinski definition) is 1. The number of carbonyl (C=O) groups is 1. The molecule has 0 spiro atoms. The fraction of sp³-hybridized carbons (Fsp3) is 0.562. The highest BCUT2D eigenvalue weighted by atomic mass is 16.2. The van der Waals surface area contributed by atoms with E-state index in [1.807, 2.05) is 36.1 Å². The summed E-state index contributed by atoms with van der Waals surface area (Å²) in [7, 11) is 4.23. The van der Waals surface area contributed by atoms with Crippen LogP contribution in [0.25, 0.3) is 0 Å². The molecule has 4 heteroatoms. The lowest BCUT2D eigenvalue weighted by atomic mass is 10.0. The van der Waals surface area contributed by atoms with Crippen molar-refractivity contribution < 1.29 is 4.79 Å². The number of benzene rings is 1. The van der Waals surface area contributed by atoms with Crippen molar-refractivity contribution in [1.82, 2.24) is 9.80 Å². The molecule has 4 nitrogen and oxygen atoms in total. The minimum atomic E-state index is 0.152. The highest BCUT2D eigenvalue weighted by Gasteiger charge is 2.25. The summed E-state index contributed by atoms with van der Waals surface area (Å²) < 4.78 is 0. The van der Waals surface area contributed by atoms with Crippen LogP contribution in [-0.4, -0.2) is 55.5 Å². The fourth-order valence-electron chi connectivity index (χ4n) is 2.77. The number of likely N-dealkylation sites (tertiary alicyclic amines) is 1. The number of para-hydroxylation sites is 1. The zero-order chi connectivity index (χ0) is 14.5. The van der Waals surface area contributed by atoms with Gasteiger partial charge < -0.3 is 15.1 Å². The molecular weight excluding hydrogens is 250 g/mol. The molecule has 1 heterocycles. The fourth-order valence-corrected chi connectivity index (χ4v) is 2.77. The second-order valence-corrected chi connectivity index (χ2v) is 5.56. The quantitative estimate of drug-likeness (QED) is 0.915. The van der Waals surface area contributed by atoms with Gasteiger partial charge in [-0.2, -0.15) is 0 Å². The molecule has 0 aliphatic carbocycles. The lowest BCUT2D eigenvalue weighted by Gasteiger charge is -2.35. The van der Waals surface area contributed by atoms with Gasteiger partial charge in [-0.1, -0.05) is 12.1 Å². The Morgan fingerprint density at radius 2 is 1.95 bits per heavy atom. The molecule has 110 valence electrons. The first-order valence-electron chi connectivity index (χ1n) is 7.42. The molecule has 1 aromatic carbocycles. The number of rotatable bonds is 4. The molecular formula is C16H25N3O. The normalized spacial score (nSPS) is 16.5. The average molecular weight is 275 g/mol. The van der Waals surface area contributed by atoms with Crippen LogP contribution in [0, 0.1) is 0 Å². The molecule has 20 heavy (non-hydrogen) atoms. The topological polar surface area (TPSA) is 35.6 Å². The van der Waals surface area contributed by atoms with Crippen molar-refractivity contribution in [1.29, 1.82) is 0 Å². The van der Waals surface area contributed by atoms with Crippen LogP contribution in [-0.2, 0) is 0 Å². The second-order valence-electron chi connectivity index (χ2n) is 5.56. The minimum absolute atomic E-state index is 0.152. The van der Waals surface area contributed by atoms with E-state index in [1.165, 1.54) is 0 Å². The van der Waals surface area contributed by atoms with E-state index in [1.54, 1.807) is 0 Å². The maximum absolute atomic E-state index is 12.6. The van der Waals surface area contributed by atoms with Crippen LogP contribution in [0.1, 0.15) is 30.1 Å². The molecule has 0 aromatic heterocycles. The molecule has 1 N–H and O–H groups in total. The molecule has 1 aromatic rings. The summed E-state index contributed by atoms with van der Waals surface area (Å²) >= 11 is 0. The van der Waals surface area contributed by atoms with Gasteiger partial charge in [0, 0.05) is 31.4 Å². The van der Waals surface area contributed by atoms with Crippen molar-refractivity contribution in [3.8, 4) is 0 Å². The Labute approximate surface area is 121 Å². The number of nitrogens with one attached hydrogen (secondary N) is 1. The van der Waals surface area contributed by atoms with Gasteiger partial charge in [-0.05, 0) is 46.0 Å². The van der Waals surface area contributed by atoms with Gasteiger partial charge in [0.2, 0.25) is 0 Å². The molecule has 1 aliphatic heterocycles. The monoisotopic (exact) mass is 275 g/mol. The van der Waals surface area contributed by atoms with Crippen LogP contribution in [0.2, 0.25) is 0 Å². The van der Waals surface area contributed by atoms with Gasteiger partial charge in [-0.3, -0.25) is 4.79 Å². The lowest BCUT2D eigenvalue weighted by molar-refractivity contribution is 0.0664. The highest BCUT2D eigenvalue weighted by molar-refractivity contribution is 5.99. The number of anilines is 1. The van der Waals surface area contributed by atoms with Gasteiger partial charge in [-0.25, -0.2) is 0 Å². The van der Waals surface area contributed by atoms with Crippen molar-refractivity contribution in [3.05, 3.63) is 29.8 Å². The third-order valence-electron chi connectivity index (χ3n) is 4.01. The maximum Gasteiger partial charge on any atom is 0.255 e. The summed E-state index contributed by atoms with van der Waals surface area (Å²) in [5, 5.41) is 3.27. The zero-order valence-electron chi connectivity index (χ0n) is 12.7. The molecule has 1 saturated heterocycles. The summed E-state index contributed by atoms with van der Waals surface area (Å²) in [6.45, 7) is 4.57. The van der Waals surface area contributed by atoms with Gasteiger partial charge in [0.1, 0.15) is 0 Å². The smallest absolute Gasteiger partial charge is 0.255 e. The molecule has 0 atom stereocenters. The highest BCUT2D eigenvalue weighted by Crippen LogP contribution is 2.21. The van der Waals surface area contributed by atoms with Crippen molar-refractivity contribution in [3.63, 3.8) is 0 Å². The predicted molar refractivity (Wildman–Crippen MR) is 83.2 cm³/mol. The average Bonchev–Trinajstić information content (AvgIpc) is 2.47. The number of nitrogens with zero attached hydrogens (tertiary/aromatic N) is 2. The number of amides is 1. The largest absolute Gasteiger partial charge is 0.385 e. The van der Waals surface area contributed by atoms with Crippen LogP contribution in [0.15, 0.2) is 24.3 Å². The van der Waals surface area contributed by atoms with Gasteiger partial charge in [0.05, 0.1) is 5.56 Å². The third kappa shape index (κ3) is 3.31. The first-order valence-corrected chi connectivity index (χ1v) is 7.42. The Morgan fingerprint density at radius 1 is 1.30 bits per heavy atom. The zero-order valence-corrected chi connectivity index (χ0v) is 12.7. The van der Waals surface area contributed by atoms with E-state index in [0.29, 0.717) is 6.04 Å². The van der Waals surface area contributed by atoms with Gasteiger partial charge in [0.15, 0.2) is 0 Å². The molecule has 0 bridgehead atoms. The first kappa shape index (κ1) is 14.9. The van der Waals surface area contributed by atoms with Crippen molar-refractivity contribution >= 4 is 11.6 Å². The van der Waals surface area contributed by atoms with Crippen molar-refractivity contribution in [2.24, 2.45) is 0 Å². The maximum atomic E-state index is 12.6. The Hall–Kier alpha value is -1.55. The molecule has 1 aliphatic rings. The van der Waals surface area contributed by atoms with E-state index < -0.39 is 0 Å². The summed E-state index contributed by atoms with van der Waals surface area (Å²) in [6.07, 6.45) is 2.12. The Bertz CT molecular complexity index is 451. The third-order valence-corrected chi connectivity index (χ3v) is 4.01. The van der Waals surface area contributed by atoms with Gasteiger partial charge >= 0.3 is 0 Å². The number of piperidine rings is 1. The molecule has 1 fully saturated rings.